The maximum atomic E-state index is 9.42. The second-order valence-electron chi connectivity index (χ2n) is 20.3. The van der Waals surface area contributed by atoms with Crippen LogP contribution in [0.25, 0.3) is 0 Å². The van der Waals surface area contributed by atoms with Gasteiger partial charge in [-0.25, -0.2) is 0 Å². The van der Waals surface area contributed by atoms with Gasteiger partial charge in [-0.1, -0.05) is 41.5 Å². The van der Waals surface area contributed by atoms with Crippen molar-refractivity contribution < 1.29 is 175 Å². The van der Waals surface area contributed by atoms with E-state index in [9.17, 15) is 20.4 Å². The van der Waals surface area contributed by atoms with Crippen LogP contribution in [0.5, 0.6) is 0 Å². The SMILES string of the molecule is CC(C)N=CC(C)(C)O.CCC(C)(O)C=NC.CCC(C)(O)C=NC(C)C.CCCN=CC(C)(C)O.CCCN=CC(C)(O)CC.CCN=CC(C)(C)O.CCN=CC(C)(O)CC.CN=CC(C)(C)O.[Co].[Co].[Co].[Co].[Co].[Co].[Co].[Co]. The van der Waals surface area contributed by atoms with E-state index in [4.69, 9.17) is 20.4 Å². The normalized spacial score (nSPS) is 14.2. The van der Waals surface area contributed by atoms with Crippen LogP contribution in [0, 0.1) is 0 Å². The van der Waals surface area contributed by atoms with Crippen LogP contribution in [-0.2, 0) is 134 Å². The van der Waals surface area contributed by atoms with E-state index in [0.717, 1.165) is 51.9 Å². The largest absolute Gasteiger partial charge is 0.385 e. The molecule has 0 aliphatic heterocycles. The van der Waals surface area contributed by atoms with E-state index in [1.807, 2.05) is 69.2 Å². The predicted octanol–water partition coefficient (Wildman–Crippen LogP) is 9.10. The summed E-state index contributed by atoms with van der Waals surface area (Å²) in [7, 11) is 3.29. The van der Waals surface area contributed by atoms with Crippen LogP contribution >= 0.6 is 0 Å². The molecule has 0 rings (SSSR count). The van der Waals surface area contributed by atoms with Crippen molar-refractivity contribution in [2.75, 3.05) is 40.3 Å². The third kappa shape index (κ3) is 147. The Morgan fingerprint density at radius 3 is 0.705 bits per heavy atom. The molecule has 78 heavy (non-hydrogen) atoms. The molecule has 0 aromatic rings. The zero-order chi connectivity index (χ0) is 57.5. The van der Waals surface area contributed by atoms with Crippen molar-refractivity contribution in [1.29, 1.82) is 0 Å². The number of hydrogen-bond acceptors (Lipinski definition) is 16. The maximum absolute atomic E-state index is 9.42. The molecule has 0 aliphatic carbocycles. The number of aliphatic hydroxyl groups is 8. The molecule has 0 fully saturated rings. The third-order valence-corrected chi connectivity index (χ3v) is 7.68. The van der Waals surface area contributed by atoms with Gasteiger partial charge in [0.05, 0.1) is 44.8 Å². The van der Waals surface area contributed by atoms with E-state index >= 15 is 0 Å². The van der Waals surface area contributed by atoms with Crippen LogP contribution < -0.4 is 0 Å². The molecule has 0 heterocycles. The molecule has 0 bridgehead atoms. The summed E-state index contributed by atoms with van der Waals surface area (Å²) < 4.78 is 0. The van der Waals surface area contributed by atoms with Gasteiger partial charge < -0.3 is 40.9 Å². The molecular weight excluding hydrogens is 1360 g/mol. The Morgan fingerprint density at radius 2 is 0.526 bits per heavy atom. The molecule has 0 spiro atoms. The van der Waals surface area contributed by atoms with E-state index in [1.54, 1.807) is 141 Å². The fourth-order valence-corrected chi connectivity index (χ4v) is 3.01. The molecule has 0 amide bonds. The molecule has 8 radical (unpaired) electrons. The first-order chi connectivity index (χ1) is 31.4. The Balaban J connectivity index is -0.0000000397. The van der Waals surface area contributed by atoms with Gasteiger partial charge in [0.25, 0.3) is 0 Å². The van der Waals surface area contributed by atoms with Crippen molar-refractivity contribution >= 4 is 49.7 Å². The first-order valence-electron chi connectivity index (χ1n) is 25.2. The molecule has 4 unspecified atom stereocenters. The number of aliphatic imine (C=N–C) groups is 8. The van der Waals surface area contributed by atoms with Crippen LogP contribution in [0.15, 0.2) is 39.9 Å². The first kappa shape index (κ1) is 121. The van der Waals surface area contributed by atoms with Crippen molar-refractivity contribution in [3.8, 4) is 0 Å². The molecule has 492 valence electrons. The number of rotatable bonds is 20. The zero-order valence-electron chi connectivity index (χ0n) is 52.7. The Morgan fingerprint density at radius 1 is 0.308 bits per heavy atom. The van der Waals surface area contributed by atoms with Gasteiger partial charge in [-0.3, -0.25) is 39.9 Å². The molecule has 0 saturated heterocycles. The molecule has 24 heteroatoms. The second-order valence-corrected chi connectivity index (χ2v) is 20.3. The van der Waals surface area contributed by atoms with Gasteiger partial charge in [-0.15, -0.1) is 0 Å². The topological polar surface area (TPSA) is 261 Å². The van der Waals surface area contributed by atoms with Crippen LogP contribution in [-0.4, -0.2) is 188 Å². The Bertz CT molecular complexity index is 1410. The van der Waals surface area contributed by atoms with E-state index in [1.165, 1.54) is 6.21 Å². The third-order valence-electron chi connectivity index (χ3n) is 7.68. The molecule has 0 aliphatic rings. The van der Waals surface area contributed by atoms with E-state index in [-0.39, 0.29) is 146 Å². The van der Waals surface area contributed by atoms with Crippen LogP contribution in [0.1, 0.15) is 205 Å². The minimum atomic E-state index is -0.760. The van der Waals surface area contributed by atoms with Gasteiger partial charge in [0.2, 0.25) is 0 Å². The summed E-state index contributed by atoms with van der Waals surface area (Å²) in [6.07, 6.45) is 17.5. The average Bonchev–Trinajstić information content (AvgIpc) is 3.21. The minimum Gasteiger partial charge on any atom is -0.385 e. The van der Waals surface area contributed by atoms with Crippen molar-refractivity contribution in [2.45, 2.75) is 262 Å². The van der Waals surface area contributed by atoms with Gasteiger partial charge in [0, 0.05) is 236 Å². The van der Waals surface area contributed by atoms with Crippen LogP contribution in [0.4, 0.5) is 0 Å². The van der Waals surface area contributed by atoms with Crippen LogP contribution in [0.3, 0.4) is 0 Å². The molecule has 4 atom stereocenters. The average molecular weight is 1480 g/mol. The number of nitrogens with zero attached hydrogens (tertiary/aromatic N) is 8. The second kappa shape index (κ2) is 70.6. The first-order valence-corrected chi connectivity index (χ1v) is 25.2. The van der Waals surface area contributed by atoms with E-state index in [2.05, 4.69) is 53.8 Å². The summed E-state index contributed by atoms with van der Waals surface area (Å²) in [5.41, 5.74) is -5.80. The molecule has 8 N–H and O–H groups in total. The van der Waals surface area contributed by atoms with Gasteiger partial charge >= 0.3 is 0 Å². The summed E-state index contributed by atoms with van der Waals surface area (Å²) >= 11 is 0. The molecule has 16 nitrogen and oxygen atoms in total. The molecular formula is C54H116Co8N8O8. The van der Waals surface area contributed by atoms with Crippen LogP contribution in [0.2, 0.25) is 0 Å². The fraction of sp³-hybridized carbons (Fsp3) is 0.852. The van der Waals surface area contributed by atoms with E-state index in [0.29, 0.717) is 12.8 Å². The Kier molecular flexibility index (Phi) is 110. The fourth-order valence-electron chi connectivity index (χ4n) is 3.01. The Labute approximate surface area is 561 Å². The Hall–Kier alpha value is 1.09. The van der Waals surface area contributed by atoms with Crippen molar-refractivity contribution in [2.24, 2.45) is 39.9 Å². The smallest absolute Gasteiger partial charge is 0.0962 e. The summed E-state index contributed by atoms with van der Waals surface area (Å²) in [4.78, 5) is 31.3. The summed E-state index contributed by atoms with van der Waals surface area (Å²) in [5, 5.41) is 73.4. The van der Waals surface area contributed by atoms with Crippen molar-refractivity contribution in [3.63, 3.8) is 0 Å². The molecule has 0 aromatic heterocycles. The predicted molar refractivity (Wildman–Crippen MR) is 310 cm³/mol. The summed E-state index contributed by atoms with van der Waals surface area (Å²) in [6, 6.07) is 0.550. The zero-order valence-corrected chi connectivity index (χ0v) is 61.0. The standard InChI is InChI=1S/2C8H17NO.3C7H15NO.2C6H13NO.C5H11NO.8Co/c1-5-8(4,10)6-9-7(2)3;1-4-6-9-7-8(3,10)5-2;1-6(2)8-5-7(3,4)9;1-4-5-8-6-7(2,3)9;1-4-7(3,9)6-8-5-2;1-4-6(2,8)5-7-3;1-4-7-5-6(2,3)8;1-5(2,7)4-6-3;;;;;;;;/h6-7,10H,5H2,1-4H3;7,10H,4-6H2,1-3H3;5-6,9H,1-4H3;2*6,9H,4-5H2,1-3H3;2*5,8H,4H2,1-3H3;4,7H,1-3H3;;;;;;;;. The molecule has 0 saturated carbocycles. The summed E-state index contributed by atoms with van der Waals surface area (Å²) in [5.74, 6) is 0. The van der Waals surface area contributed by atoms with Gasteiger partial charge in [-0.05, 0) is 163 Å². The van der Waals surface area contributed by atoms with Crippen molar-refractivity contribution in [1.82, 2.24) is 0 Å². The quantitative estimate of drug-likeness (QED) is 0.0544. The minimum absolute atomic E-state index is 0. The van der Waals surface area contributed by atoms with Gasteiger partial charge in [-0.2, -0.15) is 0 Å². The van der Waals surface area contributed by atoms with E-state index < -0.39 is 44.8 Å². The van der Waals surface area contributed by atoms with Gasteiger partial charge in [0.1, 0.15) is 0 Å². The van der Waals surface area contributed by atoms with Crippen molar-refractivity contribution in [3.05, 3.63) is 0 Å². The number of hydrogen-bond donors (Lipinski definition) is 8. The summed E-state index contributed by atoms with van der Waals surface area (Å²) in [6.45, 7) is 47.4. The monoisotopic (exact) mass is 1480 g/mol. The van der Waals surface area contributed by atoms with Gasteiger partial charge in [0.15, 0.2) is 0 Å². The molecule has 0 aromatic carbocycles. The maximum Gasteiger partial charge on any atom is 0.0962 e.